The van der Waals surface area contributed by atoms with E-state index in [0.29, 0.717) is 36.9 Å². The van der Waals surface area contributed by atoms with Gasteiger partial charge < -0.3 is 20.0 Å². The molecule has 0 spiro atoms. The molecule has 9 heteroatoms. The van der Waals surface area contributed by atoms with E-state index in [2.05, 4.69) is 10.2 Å². The van der Waals surface area contributed by atoms with E-state index in [1.165, 1.54) is 12.1 Å². The van der Waals surface area contributed by atoms with Gasteiger partial charge >= 0.3 is 6.03 Å². The molecule has 1 saturated heterocycles. The SMILES string of the molecule is Cc1ccsc1CN(Cc1ccc(F)cc1)C(=O)CN(CCN1CCCC1)C(=O)Nc1cccc(Cl)c1. The van der Waals surface area contributed by atoms with Crippen molar-refractivity contribution in [2.24, 2.45) is 0 Å². The summed E-state index contributed by atoms with van der Waals surface area (Å²) in [5.74, 6) is -0.485. The van der Waals surface area contributed by atoms with Gasteiger partial charge in [0.25, 0.3) is 0 Å². The summed E-state index contributed by atoms with van der Waals surface area (Å²) in [4.78, 5) is 33.7. The number of aryl methyl sites for hydroxylation is 1. The fourth-order valence-electron chi connectivity index (χ4n) is 4.33. The predicted molar refractivity (Wildman–Crippen MR) is 147 cm³/mol. The molecule has 196 valence electrons. The minimum absolute atomic E-state index is 0.0636. The molecule has 37 heavy (non-hydrogen) atoms. The fraction of sp³-hybridized carbons (Fsp3) is 0.357. The van der Waals surface area contributed by atoms with E-state index in [1.807, 2.05) is 18.4 Å². The number of hydrogen-bond donors (Lipinski definition) is 1. The molecule has 2 aromatic carbocycles. The Hall–Kier alpha value is -2.94. The van der Waals surface area contributed by atoms with Gasteiger partial charge in [0.2, 0.25) is 5.91 Å². The van der Waals surface area contributed by atoms with Gasteiger partial charge in [0.05, 0.1) is 6.54 Å². The van der Waals surface area contributed by atoms with Crippen LogP contribution >= 0.6 is 22.9 Å². The van der Waals surface area contributed by atoms with Crippen molar-refractivity contribution in [2.45, 2.75) is 32.9 Å². The minimum atomic E-state index is -0.344. The van der Waals surface area contributed by atoms with Crippen LogP contribution in [0.2, 0.25) is 5.02 Å². The number of nitrogens with zero attached hydrogens (tertiary/aromatic N) is 3. The second kappa shape index (κ2) is 13.0. The maximum absolute atomic E-state index is 13.7. The van der Waals surface area contributed by atoms with Crippen LogP contribution in [0.3, 0.4) is 0 Å². The minimum Gasteiger partial charge on any atom is -0.332 e. The van der Waals surface area contributed by atoms with E-state index in [1.54, 1.807) is 57.5 Å². The van der Waals surface area contributed by atoms with E-state index >= 15 is 0 Å². The first-order valence-corrected chi connectivity index (χ1v) is 13.7. The maximum atomic E-state index is 13.7. The zero-order valence-corrected chi connectivity index (χ0v) is 22.5. The standard InChI is InChI=1S/C28H32ClFN4O2S/c1-21-11-16-37-26(21)19-34(18-22-7-9-24(30)10-8-22)27(35)20-33(15-14-32-12-2-3-13-32)28(36)31-25-6-4-5-23(29)17-25/h4-11,16-17H,2-3,12-15,18-20H2,1H3,(H,31,36). The number of carbonyl (C=O) groups is 2. The summed E-state index contributed by atoms with van der Waals surface area (Å²) in [6, 6.07) is 14.8. The first-order chi connectivity index (χ1) is 17.9. The molecule has 1 aliphatic rings. The van der Waals surface area contributed by atoms with Crippen LogP contribution in [-0.4, -0.2) is 59.4 Å². The molecule has 1 aromatic heterocycles. The number of anilines is 1. The van der Waals surface area contributed by atoms with Gasteiger partial charge in [-0.1, -0.05) is 29.8 Å². The highest BCUT2D eigenvalue weighted by Crippen LogP contribution is 2.20. The number of urea groups is 1. The lowest BCUT2D eigenvalue weighted by molar-refractivity contribution is -0.133. The highest BCUT2D eigenvalue weighted by molar-refractivity contribution is 7.10. The molecule has 1 aliphatic heterocycles. The van der Waals surface area contributed by atoms with Crippen LogP contribution in [0.25, 0.3) is 0 Å². The Morgan fingerprint density at radius 3 is 2.49 bits per heavy atom. The Balaban J connectivity index is 1.51. The van der Waals surface area contributed by atoms with E-state index < -0.39 is 0 Å². The van der Waals surface area contributed by atoms with Gasteiger partial charge in [0.15, 0.2) is 0 Å². The number of nitrogens with one attached hydrogen (secondary N) is 1. The van der Waals surface area contributed by atoms with E-state index in [-0.39, 0.29) is 24.3 Å². The summed E-state index contributed by atoms with van der Waals surface area (Å²) >= 11 is 7.69. The van der Waals surface area contributed by atoms with Crippen molar-refractivity contribution in [3.05, 3.63) is 86.8 Å². The molecule has 0 atom stereocenters. The van der Waals surface area contributed by atoms with Crippen LogP contribution in [0.5, 0.6) is 0 Å². The zero-order valence-electron chi connectivity index (χ0n) is 21.0. The van der Waals surface area contributed by atoms with Crippen molar-refractivity contribution in [2.75, 3.05) is 38.0 Å². The number of halogens is 2. The number of carbonyl (C=O) groups excluding carboxylic acids is 2. The van der Waals surface area contributed by atoms with Crippen molar-refractivity contribution >= 4 is 40.6 Å². The van der Waals surface area contributed by atoms with Crippen molar-refractivity contribution in [3.63, 3.8) is 0 Å². The largest absolute Gasteiger partial charge is 0.332 e. The fourth-order valence-corrected chi connectivity index (χ4v) is 5.45. The average molecular weight is 543 g/mol. The third kappa shape index (κ3) is 8.02. The molecule has 0 saturated carbocycles. The van der Waals surface area contributed by atoms with E-state index in [0.717, 1.165) is 41.9 Å². The molecule has 1 N–H and O–H groups in total. The highest BCUT2D eigenvalue weighted by Gasteiger charge is 2.24. The summed E-state index contributed by atoms with van der Waals surface area (Å²) in [7, 11) is 0. The predicted octanol–water partition coefficient (Wildman–Crippen LogP) is 6.01. The van der Waals surface area contributed by atoms with Crippen molar-refractivity contribution in [3.8, 4) is 0 Å². The number of likely N-dealkylation sites (tertiary alicyclic amines) is 1. The van der Waals surface area contributed by atoms with Gasteiger partial charge in [0.1, 0.15) is 12.4 Å². The summed E-state index contributed by atoms with van der Waals surface area (Å²) < 4.78 is 13.5. The van der Waals surface area contributed by atoms with Gasteiger partial charge in [-0.05, 0) is 85.8 Å². The van der Waals surface area contributed by atoms with Gasteiger partial charge in [0, 0.05) is 35.2 Å². The Kier molecular flexibility index (Phi) is 9.55. The molecule has 0 bridgehead atoms. The average Bonchev–Trinajstić information content (AvgIpc) is 3.54. The van der Waals surface area contributed by atoms with Crippen LogP contribution in [0.1, 0.15) is 28.8 Å². The van der Waals surface area contributed by atoms with Gasteiger partial charge in [-0.25, -0.2) is 9.18 Å². The van der Waals surface area contributed by atoms with Crippen LogP contribution in [0.4, 0.5) is 14.9 Å². The van der Waals surface area contributed by atoms with Gasteiger partial charge in [-0.2, -0.15) is 0 Å². The summed E-state index contributed by atoms with van der Waals surface area (Å²) in [6.45, 7) is 5.86. The topological polar surface area (TPSA) is 55.9 Å². The van der Waals surface area contributed by atoms with Crippen LogP contribution in [0, 0.1) is 12.7 Å². The first kappa shape index (κ1) is 27.1. The van der Waals surface area contributed by atoms with Crippen molar-refractivity contribution in [1.29, 1.82) is 0 Å². The smallest absolute Gasteiger partial charge is 0.322 e. The van der Waals surface area contributed by atoms with Crippen molar-refractivity contribution in [1.82, 2.24) is 14.7 Å². The third-order valence-corrected chi connectivity index (χ3v) is 7.76. The molecule has 0 radical (unpaired) electrons. The van der Waals surface area contributed by atoms with Crippen LogP contribution in [-0.2, 0) is 17.9 Å². The zero-order chi connectivity index (χ0) is 26.2. The molecule has 3 aromatic rings. The number of rotatable bonds is 10. The van der Waals surface area contributed by atoms with E-state index in [9.17, 15) is 14.0 Å². The molecule has 3 amide bonds. The third-order valence-electron chi connectivity index (χ3n) is 6.52. The summed E-state index contributed by atoms with van der Waals surface area (Å²) in [5, 5.41) is 5.42. The Morgan fingerprint density at radius 1 is 1.05 bits per heavy atom. The summed E-state index contributed by atoms with van der Waals surface area (Å²) in [5.41, 5.74) is 2.52. The second-order valence-corrected chi connectivity index (χ2v) is 10.8. The lowest BCUT2D eigenvalue weighted by Gasteiger charge is -2.29. The summed E-state index contributed by atoms with van der Waals surface area (Å²) in [6.07, 6.45) is 2.30. The monoisotopic (exact) mass is 542 g/mol. The Labute approximate surface area is 226 Å². The Morgan fingerprint density at radius 2 is 1.81 bits per heavy atom. The molecule has 0 unspecified atom stereocenters. The lowest BCUT2D eigenvalue weighted by atomic mass is 10.2. The quantitative estimate of drug-likeness (QED) is 0.341. The Bertz CT molecular complexity index is 1200. The molecule has 1 fully saturated rings. The van der Waals surface area contributed by atoms with Crippen molar-refractivity contribution < 1.29 is 14.0 Å². The van der Waals surface area contributed by atoms with Crippen LogP contribution < -0.4 is 5.32 Å². The molecule has 4 rings (SSSR count). The normalized spacial score (nSPS) is 13.5. The molecular formula is C28H32ClFN4O2S. The maximum Gasteiger partial charge on any atom is 0.322 e. The van der Waals surface area contributed by atoms with Crippen LogP contribution in [0.15, 0.2) is 60.0 Å². The van der Waals surface area contributed by atoms with Gasteiger partial charge in [-0.3, -0.25) is 4.79 Å². The number of amides is 3. The second-order valence-electron chi connectivity index (χ2n) is 9.31. The molecule has 0 aliphatic carbocycles. The number of hydrogen-bond acceptors (Lipinski definition) is 4. The number of thiophene rings is 1. The number of benzene rings is 2. The first-order valence-electron chi connectivity index (χ1n) is 12.5. The molecule has 6 nitrogen and oxygen atoms in total. The molecular weight excluding hydrogens is 511 g/mol. The van der Waals surface area contributed by atoms with E-state index in [4.69, 9.17) is 11.6 Å². The highest BCUT2D eigenvalue weighted by atomic mass is 35.5. The van der Waals surface area contributed by atoms with Gasteiger partial charge in [-0.15, -0.1) is 11.3 Å². The lowest BCUT2D eigenvalue weighted by Crippen LogP contribution is -2.46. The molecule has 2 heterocycles.